The van der Waals surface area contributed by atoms with Crippen LogP contribution in [0.4, 0.5) is 0 Å². The predicted molar refractivity (Wildman–Crippen MR) is 39.9 cm³/mol. The minimum Gasteiger partial charge on any atom is -0.381 e. The predicted octanol–water partition coefficient (Wildman–Crippen LogP) is 1.23. The molecule has 2 rings (SSSR count). The van der Waals surface area contributed by atoms with Gasteiger partial charge in [-0.2, -0.15) is 0 Å². The molecule has 0 aromatic rings. The van der Waals surface area contributed by atoms with Crippen LogP contribution in [-0.4, -0.2) is 26.4 Å². The summed E-state index contributed by atoms with van der Waals surface area (Å²) in [6.45, 7) is 5.80. The van der Waals surface area contributed by atoms with Crippen molar-refractivity contribution in [2.24, 2.45) is 5.92 Å². The zero-order valence-corrected chi connectivity index (χ0v) is 6.38. The molecule has 0 N–H and O–H groups in total. The Kier molecular flexibility index (Phi) is 3.47. The largest absolute Gasteiger partial charge is 0.381 e. The van der Waals surface area contributed by atoms with Crippen LogP contribution in [0.1, 0.15) is 6.92 Å². The smallest absolute Gasteiger partial charge is 0.0652 e. The zero-order valence-electron chi connectivity index (χ0n) is 6.38. The Bertz CT molecular complexity index is 99.8. The fourth-order valence-electron chi connectivity index (χ4n) is 0.694. The van der Waals surface area contributed by atoms with E-state index in [1.165, 1.54) is 0 Å². The molecule has 0 unspecified atom stereocenters. The van der Waals surface area contributed by atoms with Crippen molar-refractivity contribution < 1.29 is 9.47 Å². The molecule has 10 heavy (non-hydrogen) atoms. The van der Waals surface area contributed by atoms with Crippen molar-refractivity contribution in [3.05, 3.63) is 12.2 Å². The number of rotatable bonds is 0. The van der Waals surface area contributed by atoms with Crippen LogP contribution in [-0.2, 0) is 9.47 Å². The van der Waals surface area contributed by atoms with E-state index in [9.17, 15) is 0 Å². The summed E-state index contributed by atoms with van der Waals surface area (Å²) in [6.07, 6.45) is 4.03. The zero-order chi connectivity index (χ0) is 7.23. The molecule has 0 radical (unpaired) electrons. The topological polar surface area (TPSA) is 18.5 Å². The third kappa shape index (κ3) is 2.99. The lowest BCUT2D eigenvalue weighted by Gasteiger charge is -2.20. The second kappa shape index (κ2) is 4.47. The van der Waals surface area contributed by atoms with Gasteiger partial charge in [-0.05, 0) is 0 Å². The molecule has 58 valence electrons. The summed E-state index contributed by atoms with van der Waals surface area (Å²) in [5, 5.41) is 0. The number of hydrogen-bond donors (Lipinski definition) is 0. The third-order valence-corrected chi connectivity index (χ3v) is 1.40. The van der Waals surface area contributed by atoms with Crippen molar-refractivity contribution in [1.82, 2.24) is 0 Å². The lowest BCUT2D eigenvalue weighted by molar-refractivity contribution is -0.0221. The highest BCUT2D eigenvalue weighted by molar-refractivity contribution is 4.86. The minimum atomic E-state index is 0.819. The van der Waals surface area contributed by atoms with Crippen LogP contribution in [0.15, 0.2) is 12.2 Å². The third-order valence-electron chi connectivity index (χ3n) is 1.40. The molecule has 1 fully saturated rings. The van der Waals surface area contributed by atoms with Crippen LogP contribution in [0, 0.1) is 5.92 Å². The fraction of sp³-hybridized carbons (Fsp3) is 0.750. The Morgan fingerprint density at radius 2 is 1.60 bits per heavy atom. The lowest BCUT2D eigenvalue weighted by atomic mass is 10.2. The van der Waals surface area contributed by atoms with Crippen LogP contribution in [0.5, 0.6) is 0 Å². The molecule has 1 saturated heterocycles. The first kappa shape index (κ1) is 7.76. The normalized spacial score (nSPS) is 23.3. The van der Waals surface area contributed by atoms with Crippen molar-refractivity contribution in [1.29, 1.82) is 0 Å². The molecule has 0 spiro atoms. The second-order valence-corrected chi connectivity index (χ2v) is 2.65. The van der Waals surface area contributed by atoms with Gasteiger partial charge in [0.15, 0.2) is 0 Å². The molecule has 0 atom stereocenters. The molecule has 2 aliphatic rings. The van der Waals surface area contributed by atoms with Crippen LogP contribution in [0.25, 0.3) is 0 Å². The first-order valence-corrected chi connectivity index (χ1v) is 3.70. The van der Waals surface area contributed by atoms with Crippen LogP contribution in [0.3, 0.4) is 0 Å². The van der Waals surface area contributed by atoms with Gasteiger partial charge in [0.2, 0.25) is 0 Å². The molecule has 0 saturated carbocycles. The SMILES string of the molecule is C1=CCOC1.CC1COC1. The number of ether oxygens (including phenoxy) is 2. The number of hydrogen-bond acceptors (Lipinski definition) is 2. The Balaban J connectivity index is 0.0000001000. The van der Waals surface area contributed by atoms with Crippen molar-refractivity contribution in [2.75, 3.05) is 26.4 Å². The van der Waals surface area contributed by atoms with Gasteiger partial charge >= 0.3 is 0 Å². The summed E-state index contributed by atoms with van der Waals surface area (Å²) >= 11 is 0. The van der Waals surface area contributed by atoms with Gasteiger partial charge in [-0.3, -0.25) is 0 Å². The maximum Gasteiger partial charge on any atom is 0.0652 e. The van der Waals surface area contributed by atoms with Gasteiger partial charge in [0.1, 0.15) is 0 Å². The van der Waals surface area contributed by atoms with Crippen molar-refractivity contribution >= 4 is 0 Å². The average Bonchev–Trinajstić information content (AvgIpc) is 2.38. The molecule has 2 aliphatic heterocycles. The summed E-state index contributed by atoms with van der Waals surface area (Å²) in [6, 6.07) is 0. The highest BCUT2D eigenvalue weighted by Crippen LogP contribution is 2.05. The molecule has 2 heterocycles. The van der Waals surface area contributed by atoms with Crippen LogP contribution < -0.4 is 0 Å². The minimum absolute atomic E-state index is 0.819. The summed E-state index contributed by atoms with van der Waals surface area (Å²) in [7, 11) is 0. The molecule has 2 heteroatoms. The van der Waals surface area contributed by atoms with Crippen molar-refractivity contribution in [3.63, 3.8) is 0 Å². The van der Waals surface area contributed by atoms with Gasteiger partial charge < -0.3 is 9.47 Å². The van der Waals surface area contributed by atoms with E-state index in [1.54, 1.807) is 0 Å². The Morgan fingerprint density at radius 1 is 1.10 bits per heavy atom. The average molecular weight is 142 g/mol. The maximum atomic E-state index is 4.83. The van der Waals surface area contributed by atoms with Gasteiger partial charge in [0, 0.05) is 5.92 Å². The highest BCUT2D eigenvalue weighted by Gasteiger charge is 2.09. The summed E-state index contributed by atoms with van der Waals surface area (Å²) in [5.74, 6) is 0.843. The van der Waals surface area contributed by atoms with Gasteiger partial charge in [0.05, 0.1) is 26.4 Å². The molecular weight excluding hydrogens is 128 g/mol. The molecule has 0 amide bonds. The molecule has 0 aromatic carbocycles. The van der Waals surface area contributed by atoms with Gasteiger partial charge in [-0.1, -0.05) is 19.1 Å². The molecule has 2 nitrogen and oxygen atoms in total. The quantitative estimate of drug-likeness (QED) is 0.473. The molecular formula is C8H14O2. The van der Waals surface area contributed by atoms with E-state index >= 15 is 0 Å². The summed E-state index contributed by atoms with van der Waals surface area (Å²) in [4.78, 5) is 0. The fourth-order valence-corrected chi connectivity index (χ4v) is 0.694. The monoisotopic (exact) mass is 142 g/mol. The second-order valence-electron chi connectivity index (χ2n) is 2.65. The molecule has 0 bridgehead atoms. The Hall–Kier alpha value is -0.340. The molecule has 0 aliphatic carbocycles. The standard InChI is InChI=1S/C4H8O.C4H6O/c1-4-2-5-3-4;1-2-4-5-3-1/h4H,2-3H2,1H3;1-2H,3-4H2. The van der Waals surface area contributed by atoms with E-state index in [0.29, 0.717) is 0 Å². The van der Waals surface area contributed by atoms with E-state index in [1.807, 2.05) is 12.2 Å². The van der Waals surface area contributed by atoms with E-state index in [2.05, 4.69) is 6.92 Å². The van der Waals surface area contributed by atoms with E-state index in [-0.39, 0.29) is 0 Å². The first-order chi connectivity index (χ1) is 4.89. The summed E-state index contributed by atoms with van der Waals surface area (Å²) < 4.78 is 9.67. The van der Waals surface area contributed by atoms with E-state index < -0.39 is 0 Å². The molecule has 0 aromatic heterocycles. The van der Waals surface area contributed by atoms with E-state index in [4.69, 9.17) is 9.47 Å². The summed E-state index contributed by atoms with van der Waals surface area (Å²) in [5.41, 5.74) is 0. The Labute approximate surface area is 61.8 Å². The Morgan fingerprint density at radius 3 is 1.70 bits per heavy atom. The first-order valence-electron chi connectivity index (χ1n) is 3.70. The lowest BCUT2D eigenvalue weighted by Crippen LogP contribution is -2.23. The van der Waals surface area contributed by atoms with Crippen molar-refractivity contribution in [3.8, 4) is 0 Å². The van der Waals surface area contributed by atoms with Gasteiger partial charge in [0.25, 0.3) is 0 Å². The van der Waals surface area contributed by atoms with Gasteiger partial charge in [-0.25, -0.2) is 0 Å². The van der Waals surface area contributed by atoms with E-state index in [0.717, 1.165) is 32.3 Å². The highest BCUT2D eigenvalue weighted by atomic mass is 16.5. The van der Waals surface area contributed by atoms with Gasteiger partial charge in [-0.15, -0.1) is 0 Å². The van der Waals surface area contributed by atoms with Crippen LogP contribution >= 0.6 is 0 Å². The van der Waals surface area contributed by atoms with Crippen LogP contribution in [0.2, 0.25) is 0 Å². The maximum absolute atomic E-state index is 4.83. The van der Waals surface area contributed by atoms with Crippen molar-refractivity contribution in [2.45, 2.75) is 6.92 Å².